The molecule has 2 heterocycles. The van der Waals surface area contributed by atoms with Crippen LogP contribution in [0.3, 0.4) is 0 Å². The van der Waals surface area contributed by atoms with Crippen LogP contribution in [-0.4, -0.2) is 20.2 Å². The number of alkyl halides is 3. The van der Waals surface area contributed by atoms with Crippen molar-refractivity contribution in [3.8, 4) is 0 Å². The van der Waals surface area contributed by atoms with Gasteiger partial charge in [-0.2, -0.15) is 13.2 Å². The lowest BCUT2D eigenvalue weighted by molar-refractivity contribution is -0.384. The summed E-state index contributed by atoms with van der Waals surface area (Å²) >= 11 is 0. The molecule has 1 N–H and O–H groups in total. The highest BCUT2D eigenvalue weighted by Gasteiger charge is 2.30. The normalized spacial score (nSPS) is 11.8. The quantitative estimate of drug-likeness (QED) is 0.410. The number of rotatable bonds is 5. The van der Waals surface area contributed by atoms with E-state index in [9.17, 15) is 28.1 Å². The molecule has 10 heteroatoms. The molecule has 0 aliphatic carbocycles. The minimum absolute atomic E-state index is 0.0342. The van der Waals surface area contributed by atoms with Gasteiger partial charge in [0.05, 0.1) is 22.7 Å². The highest BCUT2D eigenvalue weighted by atomic mass is 19.4. The van der Waals surface area contributed by atoms with E-state index in [1.165, 1.54) is 53.1 Å². The van der Waals surface area contributed by atoms with Crippen LogP contribution in [0.2, 0.25) is 0 Å². The van der Waals surface area contributed by atoms with Crippen molar-refractivity contribution in [2.24, 2.45) is 0 Å². The zero-order valence-corrected chi connectivity index (χ0v) is 14.2. The van der Waals surface area contributed by atoms with Crippen molar-refractivity contribution >= 4 is 23.3 Å². The molecule has 0 saturated carbocycles. The van der Waals surface area contributed by atoms with Crippen molar-refractivity contribution in [1.29, 1.82) is 0 Å². The number of aromatic nitrogens is 2. The number of carbonyl (C=O) groups is 1. The van der Waals surface area contributed by atoms with Gasteiger partial charge in [0.2, 0.25) is 5.91 Å². The smallest absolute Gasteiger partial charge is 0.347 e. The van der Waals surface area contributed by atoms with Crippen LogP contribution in [0.25, 0.3) is 11.7 Å². The summed E-state index contributed by atoms with van der Waals surface area (Å²) in [5.41, 5.74) is 0.490. The topological polar surface area (TPSA) is 89.5 Å². The first kappa shape index (κ1) is 19.1. The molecule has 3 rings (SSSR count). The number of nitro groups is 1. The van der Waals surface area contributed by atoms with Crippen LogP contribution in [0.1, 0.15) is 16.8 Å². The van der Waals surface area contributed by atoms with Crippen molar-refractivity contribution in [3.63, 3.8) is 0 Å². The van der Waals surface area contributed by atoms with Crippen LogP contribution in [0.4, 0.5) is 18.9 Å². The number of nitrogens with one attached hydrogen (secondary N) is 1. The molecule has 3 aromatic rings. The Morgan fingerprint density at radius 2 is 1.89 bits per heavy atom. The molecule has 144 valence electrons. The summed E-state index contributed by atoms with van der Waals surface area (Å²) < 4.78 is 39.4. The largest absolute Gasteiger partial charge is 0.417 e. The van der Waals surface area contributed by atoms with Crippen molar-refractivity contribution in [2.75, 3.05) is 0 Å². The molecule has 1 amide bonds. The Hall–Kier alpha value is -3.69. The lowest BCUT2D eigenvalue weighted by Crippen LogP contribution is -2.20. The van der Waals surface area contributed by atoms with Crippen molar-refractivity contribution in [2.45, 2.75) is 12.7 Å². The fourth-order valence-corrected chi connectivity index (χ4v) is 2.41. The predicted octanol–water partition coefficient (Wildman–Crippen LogP) is 3.59. The number of nitrogens with zero attached hydrogens (tertiary/aromatic N) is 3. The SMILES string of the molecule is O=C(/C=C/c1ccc([N+](=O)[O-])cc1)NCc1cn2cc(C(F)(F)F)ccc2n1. The maximum atomic E-state index is 12.7. The Morgan fingerprint density at radius 1 is 1.18 bits per heavy atom. The number of non-ortho nitro benzene ring substituents is 1. The molecule has 0 saturated heterocycles. The van der Waals surface area contributed by atoms with Gasteiger partial charge in [0.25, 0.3) is 5.69 Å². The van der Waals surface area contributed by atoms with E-state index in [0.717, 1.165) is 12.3 Å². The maximum Gasteiger partial charge on any atom is 0.417 e. The van der Waals surface area contributed by atoms with E-state index < -0.39 is 22.6 Å². The van der Waals surface area contributed by atoms with Crippen LogP contribution >= 0.6 is 0 Å². The molecule has 0 aliphatic heterocycles. The number of hydrogen-bond donors (Lipinski definition) is 1. The minimum atomic E-state index is -4.45. The van der Waals surface area contributed by atoms with E-state index in [2.05, 4.69) is 10.3 Å². The van der Waals surface area contributed by atoms with Gasteiger partial charge in [-0.1, -0.05) is 0 Å². The van der Waals surface area contributed by atoms with Gasteiger partial charge in [0.1, 0.15) is 5.65 Å². The molecule has 2 aromatic heterocycles. The number of halogens is 3. The summed E-state index contributed by atoms with van der Waals surface area (Å²) in [5.74, 6) is -0.439. The zero-order valence-electron chi connectivity index (χ0n) is 14.2. The number of carbonyl (C=O) groups excluding carboxylic acids is 1. The highest BCUT2D eigenvalue weighted by molar-refractivity contribution is 5.91. The summed E-state index contributed by atoms with van der Waals surface area (Å²) in [6.45, 7) is 0.0342. The molecule has 7 nitrogen and oxygen atoms in total. The van der Waals surface area contributed by atoms with E-state index in [-0.39, 0.29) is 12.2 Å². The number of imidazole rings is 1. The fraction of sp³-hybridized carbons (Fsp3) is 0.111. The molecular formula is C18H13F3N4O3. The zero-order chi connectivity index (χ0) is 20.3. The molecule has 0 aliphatic rings. The van der Waals surface area contributed by atoms with Crippen LogP contribution in [0.15, 0.2) is 54.9 Å². The Balaban J connectivity index is 1.61. The monoisotopic (exact) mass is 390 g/mol. The molecule has 0 radical (unpaired) electrons. The van der Waals surface area contributed by atoms with Gasteiger partial charge in [0, 0.05) is 30.6 Å². The van der Waals surface area contributed by atoms with E-state index in [1.54, 1.807) is 0 Å². The second kappa shape index (κ2) is 7.51. The summed E-state index contributed by atoms with van der Waals surface area (Å²) in [5, 5.41) is 13.2. The summed E-state index contributed by atoms with van der Waals surface area (Å²) in [7, 11) is 0. The average Bonchev–Trinajstić information content (AvgIpc) is 3.06. The number of fused-ring (bicyclic) bond motifs is 1. The van der Waals surface area contributed by atoms with Crippen LogP contribution in [0, 0.1) is 10.1 Å². The van der Waals surface area contributed by atoms with Gasteiger partial charge in [-0.25, -0.2) is 4.98 Å². The summed E-state index contributed by atoms with van der Waals surface area (Å²) in [6, 6.07) is 7.84. The highest BCUT2D eigenvalue weighted by Crippen LogP contribution is 2.29. The summed E-state index contributed by atoms with van der Waals surface area (Å²) in [4.78, 5) is 26.1. The fourth-order valence-electron chi connectivity index (χ4n) is 2.41. The molecule has 0 fully saturated rings. The van der Waals surface area contributed by atoms with Gasteiger partial charge >= 0.3 is 6.18 Å². The van der Waals surface area contributed by atoms with E-state index in [0.29, 0.717) is 16.9 Å². The molecular weight excluding hydrogens is 377 g/mol. The number of nitro benzene ring substituents is 1. The Morgan fingerprint density at radius 3 is 2.54 bits per heavy atom. The maximum absolute atomic E-state index is 12.7. The van der Waals surface area contributed by atoms with Gasteiger partial charge in [-0.05, 0) is 35.9 Å². The first-order valence-electron chi connectivity index (χ1n) is 7.97. The third kappa shape index (κ3) is 4.53. The van der Waals surface area contributed by atoms with E-state index in [4.69, 9.17) is 0 Å². The second-order valence-corrected chi connectivity index (χ2v) is 5.81. The molecule has 0 unspecified atom stereocenters. The first-order chi connectivity index (χ1) is 13.2. The van der Waals surface area contributed by atoms with Gasteiger partial charge in [0.15, 0.2) is 0 Å². The van der Waals surface area contributed by atoms with Crippen molar-refractivity contribution in [1.82, 2.24) is 14.7 Å². The predicted molar refractivity (Wildman–Crippen MR) is 94.2 cm³/mol. The first-order valence-corrected chi connectivity index (χ1v) is 7.97. The molecule has 28 heavy (non-hydrogen) atoms. The molecule has 0 spiro atoms. The van der Waals surface area contributed by atoms with Gasteiger partial charge in [-0.15, -0.1) is 0 Å². The Kier molecular flexibility index (Phi) is 5.12. The Labute approximate surface area is 156 Å². The lowest BCUT2D eigenvalue weighted by Gasteiger charge is -2.05. The van der Waals surface area contributed by atoms with E-state index in [1.807, 2.05) is 0 Å². The van der Waals surface area contributed by atoms with Crippen LogP contribution in [0.5, 0.6) is 0 Å². The second-order valence-electron chi connectivity index (χ2n) is 5.81. The molecule has 1 aromatic carbocycles. The van der Waals surface area contributed by atoms with Gasteiger partial charge in [-0.3, -0.25) is 14.9 Å². The number of benzene rings is 1. The third-order valence-electron chi connectivity index (χ3n) is 3.80. The third-order valence-corrected chi connectivity index (χ3v) is 3.80. The van der Waals surface area contributed by atoms with E-state index >= 15 is 0 Å². The number of hydrogen-bond acceptors (Lipinski definition) is 4. The standard InChI is InChI=1S/C18H13F3N4O3/c19-18(20,21)13-4-7-16-23-14(11-24(16)10-13)9-22-17(26)8-3-12-1-5-15(6-2-12)25(27)28/h1-8,10-11H,9H2,(H,22,26)/b8-3+. The molecule has 0 atom stereocenters. The minimum Gasteiger partial charge on any atom is -0.347 e. The van der Waals surface area contributed by atoms with Crippen molar-refractivity contribution in [3.05, 3.63) is 81.8 Å². The Bertz CT molecular complexity index is 1060. The van der Waals surface area contributed by atoms with Crippen LogP contribution in [-0.2, 0) is 17.5 Å². The van der Waals surface area contributed by atoms with Crippen LogP contribution < -0.4 is 5.32 Å². The molecule has 0 bridgehead atoms. The number of amides is 1. The lowest BCUT2D eigenvalue weighted by atomic mass is 10.2. The van der Waals surface area contributed by atoms with Gasteiger partial charge < -0.3 is 9.72 Å². The average molecular weight is 390 g/mol. The number of pyridine rings is 1. The van der Waals surface area contributed by atoms with Crippen molar-refractivity contribution < 1.29 is 22.9 Å². The summed E-state index contributed by atoms with van der Waals surface area (Å²) in [6.07, 6.45) is 0.625.